The Labute approximate surface area is 273 Å². The Balaban J connectivity index is 1.17. The third-order valence-electron chi connectivity index (χ3n) is 9.11. The zero-order valence-electron chi connectivity index (χ0n) is 25.6. The fraction of sp³-hybridized carbons (Fsp3) is 0. The molecule has 0 atom stereocenters. The van der Waals surface area contributed by atoms with E-state index in [0.717, 1.165) is 44.5 Å². The first kappa shape index (κ1) is 27.1. The van der Waals surface area contributed by atoms with E-state index in [2.05, 4.69) is 164 Å². The highest BCUT2D eigenvalue weighted by Crippen LogP contribution is 2.44. The van der Waals surface area contributed by atoms with Gasteiger partial charge in [-0.25, -0.2) is 4.98 Å². The van der Waals surface area contributed by atoms with Gasteiger partial charge in [0.2, 0.25) is 5.89 Å². The van der Waals surface area contributed by atoms with Crippen molar-refractivity contribution in [1.29, 1.82) is 0 Å². The molecule has 9 aromatic rings. The first-order valence-corrected chi connectivity index (χ1v) is 16.0. The van der Waals surface area contributed by atoms with Crippen LogP contribution in [0.4, 0.5) is 0 Å². The molecule has 1 aromatic heterocycles. The van der Waals surface area contributed by atoms with Crippen molar-refractivity contribution in [2.45, 2.75) is 0 Å². The van der Waals surface area contributed by atoms with Crippen molar-refractivity contribution in [3.63, 3.8) is 0 Å². The summed E-state index contributed by atoms with van der Waals surface area (Å²) in [4.78, 5) is 4.98. The number of rotatable bonds is 5. The highest BCUT2D eigenvalue weighted by molar-refractivity contribution is 6.21. The average Bonchev–Trinajstić information content (AvgIpc) is 3.58. The molecule has 2 nitrogen and oxygen atoms in total. The molecule has 0 unspecified atom stereocenters. The summed E-state index contributed by atoms with van der Waals surface area (Å²) in [5.41, 5.74) is 12.0. The van der Waals surface area contributed by atoms with Crippen LogP contribution in [0.25, 0.3) is 88.6 Å². The van der Waals surface area contributed by atoms with Gasteiger partial charge in [0.25, 0.3) is 0 Å². The number of hydrogen-bond donors (Lipinski definition) is 0. The molecule has 0 aliphatic heterocycles. The third kappa shape index (κ3) is 4.70. The van der Waals surface area contributed by atoms with E-state index in [1.54, 1.807) is 0 Å². The molecule has 0 spiro atoms. The molecule has 220 valence electrons. The van der Waals surface area contributed by atoms with E-state index in [1.165, 1.54) is 38.2 Å². The van der Waals surface area contributed by atoms with E-state index < -0.39 is 0 Å². The van der Waals surface area contributed by atoms with Crippen molar-refractivity contribution in [3.8, 4) is 56.0 Å². The molecule has 0 radical (unpaired) electrons. The molecule has 47 heavy (non-hydrogen) atoms. The van der Waals surface area contributed by atoms with E-state index >= 15 is 0 Å². The molecule has 0 fully saturated rings. The maximum atomic E-state index is 6.45. The normalized spacial score (nSPS) is 11.4. The van der Waals surface area contributed by atoms with Crippen molar-refractivity contribution < 1.29 is 4.42 Å². The molecular weight excluding hydrogens is 571 g/mol. The van der Waals surface area contributed by atoms with E-state index in [4.69, 9.17) is 9.40 Å². The van der Waals surface area contributed by atoms with Crippen LogP contribution < -0.4 is 0 Å². The second-order valence-corrected chi connectivity index (χ2v) is 11.9. The SMILES string of the molecule is c1ccc(-c2cc3nc(-c4ccc(-c5c6ccccc6c(-c6ccccc6)c6ccccc56)cc4)oc3cc2-c2ccccc2)cc1. The van der Waals surface area contributed by atoms with Gasteiger partial charge in [-0.2, -0.15) is 0 Å². The lowest BCUT2D eigenvalue weighted by Gasteiger charge is -2.17. The van der Waals surface area contributed by atoms with Crippen LogP contribution in [-0.4, -0.2) is 4.98 Å². The molecule has 8 aromatic carbocycles. The maximum Gasteiger partial charge on any atom is 0.227 e. The van der Waals surface area contributed by atoms with Gasteiger partial charge in [0.05, 0.1) is 0 Å². The van der Waals surface area contributed by atoms with Gasteiger partial charge < -0.3 is 4.42 Å². The van der Waals surface area contributed by atoms with Gasteiger partial charge in [-0.1, -0.05) is 152 Å². The second-order valence-electron chi connectivity index (χ2n) is 11.9. The molecule has 0 saturated heterocycles. The summed E-state index contributed by atoms with van der Waals surface area (Å²) < 4.78 is 6.45. The maximum absolute atomic E-state index is 6.45. The summed E-state index contributed by atoms with van der Waals surface area (Å²) in [5.74, 6) is 0.616. The van der Waals surface area contributed by atoms with E-state index in [1.807, 2.05) is 12.1 Å². The van der Waals surface area contributed by atoms with Crippen LogP contribution in [0, 0.1) is 0 Å². The lowest BCUT2D eigenvalue weighted by atomic mass is 9.86. The Hall–Kier alpha value is -6.25. The Kier molecular flexibility index (Phi) is 6.50. The Morgan fingerprint density at radius 2 is 0.723 bits per heavy atom. The molecule has 0 saturated carbocycles. The van der Waals surface area contributed by atoms with Crippen LogP contribution in [0.15, 0.2) is 180 Å². The van der Waals surface area contributed by atoms with Crippen molar-refractivity contribution in [2.24, 2.45) is 0 Å². The fourth-order valence-electron chi connectivity index (χ4n) is 6.95. The average molecular weight is 600 g/mol. The van der Waals surface area contributed by atoms with Gasteiger partial charge in [0.15, 0.2) is 5.58 Å². The quantitative estimate of drug-likeness (QED) is 0.184. The first-order chi connectivity index (χ1) is 23.3. The summed E-state index contributed by atoms with van der Waals surface area (Å²) >= 11 is 0. The molecule has 2 heteroatoms. The highest BCUT2D eigenvalue weighted by atomic mass is 16.3. The lowest BCUT2D eigenvalue weighted by molar-refractivity contribution is 0.620. The number of fused-ring (bicyclic) bond motifs is 3. The fourth-order valence-corrected chi connectivity index (χ4v) is 6.95. The van der Waals surface area contributed by atoms with Crippen LogP contribution in [0.5, 0.6) is 0 Å². The molecule has 0 N–H and O–H groups in total. The molecular formula is C45H29NO. The molecule has 9 rings (SSSR count). The summed E-state index contributed by atoms with van der Waals surface area (Å²) in [6, 6.07) is 62.1. The number of hydrogen-bond acceptors (Lipinski definition) is 2. The van der Waals surface area contributed by atoms with Crippen molar-refractivity contribution in [2.75, 3.05) is 0 Å². The predicted octanol–water partition coefficient (Wildman–Crippen LogP) is 12.5. The second kappa shape index (κ2) is 11.3. The molecule has 0 aliphatic rings. The number of benzene rings is 8. The standard InChI is InChI=1S/C45H29NO/c1-4-14-30(15-5-1)39-28-41-42(29-40(39)31-16-6-2-7-17-31)47-45(46-41)34-26-24-33(25-27-34)44-37-22-12-10-20-35(37)43(32-18-8-3-9-19-32)36-21-11-13-23-38(36)44/h1-29H. The van der Waals surface area contributed by atoms with Crippen LogP contribution in [0.2, 0.25) is 0 Å². The highest BCUT2D eigenvalue weighted by Gasteiger charge is 2.18. The zero-order valence-corrected chi connectivity index (χ0v) is 25.6. The van der Waals surface area contributed by atoms with Gasteiger partial charge in [-0.05, 0) is 90.3 Å². The molecule has 0 aliphatic carbocycles. The summed E-state index contributed by atoms with van der Waals surface area (Å²) in [6.07, 6.45) is 0. The molecule has 1 heterocycles. The van der Waals surface area contributed by atoms with Crippen LogP contribution in [0.3, 0.4) is 0 Å². The van der Waals surface area contributed by atoms with E-state index in [-0.39, 0.29) is 0 Å². The Bertz CT molecular complexity index is 2400. The molecule has 0 bridgehead atoms. The Morgan fingerprint density at radius 1 is 0.340 bits per heavy atom. The number of nitrogens with zero attached hydrogens (tertiary/aromatic N) is 1. The topological polar surface area (TPSA) is 26.0 Å². The van der Waals surface area contributed by atoms with Crippen molar-refractivity contribution in [1.82, 2.24) is 4.98 Å². The minimum atomic E-state index is 0.616. The van der Waals surface area contributed by atoms with Gasteiger partial charge in [0.1, 0.15) is 5.52 Å². The van der Waals surface area contributed by atoms with Gasteiger partial charge in [0, 0.05) is 5.56 Å². The first-order valence-electron chi connectivity index (χ1n) is 16.0. The van der Waals surface area contributed by atoms with Crippen molar-refractivity contribution >= 4 is 32.6 Å². The van der Waals surface area contributed by atoms with Crippen LogP contribution >= 0.6 is 0 Å². The number of oxazole rings is 1. The Morgan fingerprint density at radius 3 is 1.21 bits per heavy atom. The van der Waals surface area contributed by atoms with Gasteiger partial charge in [-0.3, -0.25) is 0 Å². The van der Waals surface area contributed by atoms with Crippen LogP contribution in [0.1, 0.15) is 0 Å². The van der Waals surface area contributed by atoms with Crippen molar-refractivity contribution in [3.05, 3.63) is 176 Å². The smallest absolute Gasteiger partial charge is 0.227 e. The summed E-state index contributed by atoms with van der Waals surface area (Å²) in [6.45, 7) is 0. The van der Waals surface area contributed by atoms with Crippen LogP contribution in [-0.2, 0) is 0 Å². The minimum Gasteiger partial charge on any atom is -0.436 e. The number of aromatic nitrogens is 1. The van der Waals surface area contributed by atoms with E-state index in [9.17, 15) is 0 Å². The minimum absolute atomic E-state index is 0.616. The summed E-state index contributed by atoms with van der Waals surface area (Å²) in [7, 11) is 0. The third-order valence-corrected chi connectivity index (χ3v) is 9.11. The monoisotopic (exact) mass is 599 g/mol. The zero-order chi connectivity index (χ0) is 31.2. The lowest BCUT2D eigenvalue weighted by Crippen LogP contribution is -1.90. The van der Waals surface area contributed by atoms with E-state index in [0.29, 0.717) is 5.89 Å². The van der Waals surface area contributed by atoms with Gasteiger partial charge in [-0.15, -0.1) is 0 Å². The predicted molar refractivity (Wildman–Crippen MR) is 196 cm³/mol. The summed E-state index contributed by atoms with van der Waals surface area (Å²) in [5, 5.41) is 4.97. The van der Waals surface area contributed by atoms with Gasteiger partial charge >= 0.3 is 0 Å². The largest absolute Gasteiger partial charge is 0.436 e. The molecule has 0 amide bonds.